The number of ether oxygens (including phenoxy) is 2. The Bertz CT molecular complexity index is 1490. The van der Waals surface area contributed by atoms with Gasteiger partial charge in [0, 0.05) is 12.6 Å². The van der Waals surface area contributed by atoms with E-state index >= 15 is 0 Å². The predicted molar refractivity (Wildman–Crippen MR) is 164 cm³/mol. The monoisotopic (exact) mass is 595 g/mol. The van der Waals surface area contributed by atoms with Crippen molar-refractivity contribution >= 4 is 27.5 Å². The van der Waals surface area contributed by atoms with Crippen molar-refractivity contribution in [1.29, 1.82) is 0 Å². The van der Waals surface area contributed by atoms with E-state index in [1.165, 1.54) is 24.1 Å². The van der Waals surface area contributed by atoms with Gasteiger partial charge in [-0.1, -0.05) is 42.8 Å². The van der Waals surface area contributed by atoms with Crippen molar-refractivity contribution in [2.75, 3.05) is 25.1 Å². The number of aryl methyl sites for hydroxylation is 2. The number of methoxy groups -OCH3 is 2. The molecule has 10 heteroatoms. The van der Waals surface area contributed by atoms with E-state index in [0.29, 0.717) is 17.9 Å². The number of hydrogen-bond acceptors (Lipinski definition) is 6. The zero-order valence-corrected chi connectivity index (χ0v) is 26.2. The largest absolute Gasteiger partial charge is 0.497 e. The van der Waals surface area contributed by atoms with Crippen LogP contribution >= 0.6 is 0 Å². The van der Waals surface area contributed by atoms with Crippen LogP contribution < -0.4 is 19.1 Å². The second-order valence-electron chi connectivity index (χ2n) is 10.5. The van der Waals surface area contributed by atoms with Gasteiger partial charge in [-0.25, -0.2) is 8.42 Å². The molecule has 0 spiro atoms. The Morgan fingerprint density at radius 3 is 2.17 bits per heavy atom. The first-order chi connectivity index (χ1) is 19.9. The van der Waals surface area contributed by atoms with E-state index in [2.05, 4.69) is 5.32 Å². The average Bonchev–Trinajstić information content (AvgIpc) is 2.95. The number of anilines is 1. The summed E-state index contributed by atoms with van der Waals surface area (Å²) in [5.74, 6) is 0.0494. The average molecular weight is 596 g/mol. The quantitative estimate of drug-likeness (QED) is 0.303. The van der Waals surface area contributed by atoms with E-state index in [9.17, 15) is 18.0 Å². The minimum Gasteiger partial charge on any atom is -0.497 e. The van der Waals surface area contributed by atoms with E-state index < -0.39 is 28.5 Å². The molecular formula is C32H41N3O6S. The number of rotatable bonds is 13. The van der Waals surface area contributed by atoms with Crippen LogP contribution in [0.5, 0.6) is 11.5 Å². The molecule has 3 aromatic rings. The first-order valence-electron chi connectivity index (χ1n) is 13.9. The maximum Gasteiger partial charge on any atom is 0.264 e. The Balaban J connectivity index is 2.14. The van der Waals surface area contributed by atoms with E-state index in [1.54, 1.807) is 55.6 Å². The summed E-state index contributed by atoms with van der Waals surface area (Å²) in [5.41, 5.74) is 2.65. The second kappa shape index (κ2) is 14.2. The van der Waals surface area contributed by atoms with Gasteiger partial charge in [-0.3, -0.25) is 13.9 Å². The fourth-order valence-electron chi connectivity index (χ4n) is 4.61. The molecule has 42 heavy (non-hydrogen) atoms. The van der Waals surface area contributed by atoms with Crippen molar-refractivity contribution in [3.05, 3.63) is 83.4 Å². The number of carbonyl (C=O) groups is 2. The third-order valence-electron chi connectivity index (χ3n) is 6.79. The van der Waals surface area contributed by atoms with Crippen LogP contribution in [0, 0.1) is 13.8 Å². The first-order valence-corrected chi connectivity index (χ1v) is 15.3. The van der Waals surface area contributed by atoms with Gasteiger partial charge in [-0.15, -0.1) is 0 Å². The van der Waals surface area contributed by atoms with Crippen molar-refractivity contribution in [3.8, 4) is 11.5 Å². The number of amides is 2. The highest BCUT2D eigenvalue weighted by atomic mass is 32.2. The molecule has 3 aromatic carbocycles. The van der Waals surface area contributed by atoms with Gasteiger partial charge in [0.25, 0.3) is 10.0 Å². The van der Waals surface area contributed by atoms with Crippen LogP contribution in [0.4, 0.5) is 5.69 Å². The molecule has 0 saturated carbocycles. The number of nitrogens with one attached hydrogen (secondary N) is 1. The summed E-state index contributed by atoms with van der Waals surface area (Å²) in [6.45, 7) is 8.73. The molecule has 9 nitrogen and oxygen atoms in total. The van der Waals surface area contributed by atoms with Gasteiger partial charge in [0.2, 0.25) is 11.8 Å². The molecule has 0 unspecified atom stereocenters. The first kappa shape index (κ1) is 32.5. The van der Waals surface area contributed by atoms with Crippen LogP contribution in [-0.2, 0) is 26.2 Å². The van der Waals surface area contributed by atoms with Crippen molar-refractivity contribution in [2.24, 2.45) is 0 Å². The summed E-state index contributed by atoms with van der Waals surface area (Å²) in [7, 11) is -1.22. The molecule has 0 radical (unpaired) electrons. The van der Waals surface area contributed by atoms with E-state index in [1.807, 2.05) is 40.7 Å². The molecule has 1 atom stereocenters. The third-order valence-corrected chi connectivity index (χ3v) is 8.57. The minimum absolute atomic E-state index is 0.0356. The summed E-state index contributed by atoms with van der Waals surface area (Å²) < 4.78 is 40.3. The molecule has 1 N–H and O–H groups in total. The van der Waals surface area contributed by atoms with E-state index in [4.69, 9.17) is 9.47 Å². The zero-order chi connectivity index (χ0) is 31.0. The van der Waals surface area contributed by atoms with Crippen molar-refractivity contribution in [3.63, 3.8) is 0 Å². The number of carbonyl (C=O) groups excluding carboxylic acids is 2. The minimum atomic E-state index is -4.22. The van der Waals surface area contributed by atoms with Gasteiger partial charge < -0.3 is 19.7 Å². The summed E-state index contributed by atoms with van der Waals surface area (Å²) >= 11 is 0. The highest BCUT2D eigenvalue weighted by Gasteiger charge is 2.35. The van der Waals surface area contributed by atoms with Crippen LogP contribution in [0.3, 0.4) is 0 Å². The SMILES string of the molecule is CC[C@@H](C(=O)NC(C)C)N(Cc1cccc(OC)c1)C(=O)CN(c1cc(C)ccc1OC)S(=O)(=O)c1ccc(C)cc1. The van der Waals surface area contributed by atoms with Gasteiger partial charge in [0.05, 0.1) is 24.8 Å². The van der Waals surface area contributed by atoms with Crippen LogP contribution in [0.2, 0.25) is 0 Å². The summed E-state index contributed by atoms with van der Waals surface area (Å²) in [6.07, 6.45) is 0.326. The topological polar surface area (TPSA) is 105 Å². The van der Waals surface area contributed by atoms with Crippen molar-refractivity contribution < 1.29 is 27.5 Å². The summed E-state index contributed by atoms with van der Waals surface area (Å²) in [4.78, 5) is 29.0. The molecule has 2 amide bonds. The second-order valence-corrected chi connectivity index (χ2v) is 12.3. The van der Waals surface area contributed by atoms with Gasteiger partial charge in [-0.2, -0.15) is 0 Å². The Morgan fingerprint density at radius 1 is 0.905 bits per heavy atom. The number of hydrogen-bond donors (Lipinski definition) is 1. The fourth-order valence-corrected chi connectivity index (χ4v) is 6.03. The summed E-state index contributed by atoms with van der Waals surface area (Å²) in [6, 6.07) is 17.8. The molecule has 0 fully saturated rings. The molecule has 0 aromatic heterocycles. The highest BCUT2D eigenvalue weighted by molar-refractivity contribution is 7.92. The van der Waals surface area contributed by atoms with E-state index in [0.717, 1.165) is 21.0 Å². The number of benzene rings is 3. The van der Waals surface area contributed by atoms with Gasteiger partial charge in [0.15, 0.2) is 0 Å². The zero-order valence-electron chi connectivity index (χ0n) is 25.4. The molecule has 3 rings (SSSR count). The number of nitrogens with zero attached hydrogens (tertiary/aromatic N) is 2. The maximum atomic E-state index is 14.3. The molecule has 0 heterocycles. The van der Waals surface area contributed by atoms with Crippen molar-refractivity contribution in [2.45, 2.75) is 64.6 Å². The lowest BCUT2D eigenvalue weighted by molar-refractivity contribution is -0.140. The highest BCUT2D eigenvalue weighted by Crippen LogP contribution is 2.34. The molecule has 0 aliphatic heterocycles. The van der Waals surface area contributed by atoms with Gasteiger partial charge in [0.1, 0.15) is 24.1 Å². The van der Waals surface area contributed by atoms with Crippen LogP contribution in [0.25, 0.3) is 0 Å². The van der Waals surface area contributed by atoms with Gasteiger partial charge in [-0.05, 0) is 81.6 Å². The smallest absolute Gasteiger partial charge is 0.264 e. The molecule has 0 saturated heterocycles. The predicted octanol–water partition coefficient (Wildman–Crippen LogP) is 4.85. The van der Waals surface area contributed by atoms with E-state index in [-0.39, 0.29) is 29.1 Å². The molecular weight excluding hydrogens is 554 g/mol. The van der Waals surface area contributed by atoms with Crippen LogP contribution in [-0.4, -0.2) is 58.0 Å². The number of sulfonamides is 1. The maximum absolute atomic E-state index is 14.3. The third kappa shape index (κ3) is 7.82. The molecule has 0 aliphatic rings. The van der Waals surface area contributed by atoms with Crippen molar-refractivity contribution in [1.82, 2.24) is 10.2 Å². The lowest BCUT2D eigenvalue weighted by Gasteiger charge is -2.34. The van der Waals surface area contributed by atoms with Crippen LogP contribution in [0.15, 0.2) is 71.6 Å². The Labute approximate surface area is 249 Å². The molecule has 0 aliphatic carbocycles. The Hall–Kier alpha value is -4.05. The Kier molecular flexibility index (Phi) is 11.0. The normalized spacial score (nSPS) is 12.0. The van der Waals surface area contributed by atoms with Gasteiger partial charge >= 0.3 is 0 Å². The molecule has 0 bridgehead atoms. The lowest BCUT2D eigenvalue weighted by atomic mass is 10.1. The standard InChI is InChI=1S/C32H41N3O6S/c1-8-28(32(37)33-22(2)3)34(20-25-10-9-11-26(19-25)40-6)31(36)21-35(29-18-24(5)14-17-30(29)41-7)42(38,39)27-15-12-23(4)13-16-27/h9-19,22,28H,8,20-21H2,1-7H3,(H,33,37)/t28-/m0/s1. The summed E-state index contributed by atoms with van der Waals surface area (Å²) in [5, 5.41) is 2.90. The fraction of sp³-hybridized carbons (Fsp3) is 0.375. The lowest BCUT2D eigenvalue weighted by Crippen LogP contribution is -2.53. The van der Waals surface area contributed by atoms with Crippen LogP contribution in [0.1, 0.15) is 43.9 Å². The molecule has 226 valence electrons. The Morgan fingerprint density at radius 2 is 1.57 bits per heavy atom.